The van der Waals surface area contributed by atoms with Crippen LogP contribution in [-0.2, 0) is 26.2 Å². The molecule has 0 aliphatic carbocycles. The molecular weight excluding hydrogens is 541 g/mol. The number of halogens is 2. The predicted octanol–water partition coefficient (Wildman–Crippen LogP) is 5.40. The molecule has 0 fully saturated rings. The summed E-state index contributed by atoms with van der Waals surface area (Å²) in [7, 11) is -4.34. The Kier molecular flexibility index (Phi) is 10.5. The first kappa shape index (κ1) is 30.1. The number of amides is 2. The second-order valence-corrected chi connectivity index (χ2v) is 11.4. The lowest BCUT2D eigenvalue weighted by atomic mass is 10.1. The normalized spacial score (nSPS) is 12.8. The molecule has 0 saturated heterocycles. The number of hydrogen-bond donors (Lipinski definition) is 1. The summed E-state index contributed by atoms with van der Waals surface area (Å²) in [5.41, 5.74) is 0.315. The smallest absolute Gasteiger partial charge is 0.264 e. The second kappa shape index (κ2) is 13.6. The molecule has 0 aromatic heterocycles. The Hall–Kier alpha value is -3.43. The van der Waals surface area contributed by atoms with Gasteiger partial charge in [0.1, 0.15) is 18.4 Å². The number of carbonyl (C=O) groups is 2. The summed E-state index contributed by atoms with van der Waals surface area (Å²) in [6, 6.07) is 18.7. The molecule has 0 unspecified atom stereocenters. The van der Waals surface area contributed by atoms with Gasteiger partial charge in [0.2, 0.25) is 11.8 Å². The molecule has 7 nitrogen and oxygen atoms in total. The molecule has 0 bridgehead atoms. The van der Waals surface area contributed by atoms with Gasteiger partial charge in [0.05, 0.1) is 10.6 Å². The van der Waals surface area contributed by atoms with E-state index in [1.165, 1.54) is 35.2 Å². The highest BCUT2D eigenvalue weighted by Crippen LogP contribution is 2.27. The van der Waals surface area contributed by atoms with E-state index in [-0.39, 0.29) is 35.5 Å². The molecule has 0 saturated carbocycles. The summed E-state index contributed by atoms with van der Waals surface area (Å²) in [6.45, 7) is 4.79. The minimum Gasteiger partial charge on any atom is -0.352 e. The van der Waals surface area contributed by atoms with Crippen molar-refractivity contribution < 1.29 is 22.4 Å². The molecule has 3 aromatic carbocycles. The lowest BCUT2D eigenvalue weighted by Gasteiger charge is -2.34. The Balaban J connectivity index is 2.07. The van der Waals surface area contributed by atoms with Crippen LogP contribution in [0.1, 0.15) is 39.2 Å². The monoisotopic (exact) mass is 573 g/mol. The van der Waals surface area contributed by atoms with Crippen LogP contribution in [-0.4, -0.2) is 43.8 Å². The molecule has 0 spiro atoms. The van der Waals surface area contributed by atoms with E-state index in [0.717, 1.165) is 10.4 Å². The van der Waals surface area contributed by atoms with Gasteiger partial charge in [-0.1, -0.05) is 74.0 Å². The van der Waals surface area contributed by atoms with Crippen molar-refractivity contribution in [3.63, 3.8) is 0 Å². The largest absolute Gasteiger partial charge is 0.352 e. The zero-order chi connectivity index (χ0) is 28.6. The third kappa shape index (κ3) is 7.36. The maximum absolute atomic E-state index is 15.0. The van der Waals surface area contributed by atoms with Crippen molar-refractivity contribution in [1.82, 2.24) is 10.2 Å². The van der Waals surface area contributed by atoms with E-state index in [0.29, 0.717) is 17.0 Å². The van der Waals surface area contributed by atoms with E-state index >= 15 is 0 Å². The Morgan fingerprint density at radius 3 is 2.15 bits per heavy atom. The molecule has 2 amide bonds. The van der Waals surface area contributed by atoms with Crippen LogP contribution in [0.3, 0.4) is 0 Å². The van der Waals surface area contributed by atoms with Crippen molar-refractivity contribution in [1.29, 1.82) is 0 Å². The molecule has 3 rings (SSSR count). The quantitative estimate of drug-likeness (QED) is 0.314. The van der Waals surface area contributed by atoms with E-state index in [1.807, 2.05) is 13.8 Å². The summed E-state index contributed by atoms with van der Waals surface area (Å²) in [5.74, 6) is -1.84. The highest BCUT2D eigenvalue weighted by molar-refractivity contribution is 7.92. The van der Waals surface area contributed by atoms with Gasteiger partial charge in [-0.25, -0.2) is 12.8 Å². The van der Waals surface area contributed by atoms with Gasteiger partial charge in [0, 0.05) is 17.6 Å². The number of carbonyl (C=O) groups excluding carboxylic acids is 2. The molecule has 1 N–H and O–H groups in total. The molecular formula is C29H33ClFN3O4S. The number of anilines is 1. The van der Waals surface area contributed by atoms with Crippen LogP contribution in [0.5, 0.6) is 0 Å². The van der Waals surface area contributed by atoms with Crippen LogP contribution < -0.4 is 9.62 Å². The van der Waals surface area contributed by atoms with Gasteiger partial charge in [0.15, 0.2) is 0 Å². The SMILES string of the molecule is CC[C@@H](C)NC(=O)[C@@H](CC)N(Cc1ccccc1Cl)C(=O)CN(c1ccccc1F)S(=O)(=O)c1ccccc1. The lowest BCUT2D eigenvalue weighted by Crippen LogP contribution is -2.53. The summed E-state index contributed by atoms with van der Waals surface area (Å²) in [5, 5.41) is 3.31. The number of nitrogens with zero attached hydrogens (tertiary/aromatic N) is 2. The zero-order valence-corrected chi connectivity index (χ0v) is 23.8. The molecule has 3 aromatic rings. The first-order valence-electron chi connectivity index (χ1n) is 12.8. The number of nitrogens with one attached hydrogen (secondary N) is 1. The second-order valence-electron chi connectivity index (χ2n) is 9.13. The third-order valence-corrected chi connectivity index (χ3v) is 8.56. The molecule has 0 aliphatic rings. The van der Waals surface area contributed by atoms with Crippen molar-refractivity contribution >= 4 is 39.1 Å². The summed E-state index contributed by atoms with van der Waals surface area (Å²) >= 11 is 6.39. The van der Waals surface area contributed by atoms with E-state index in [4.69, 9.17) is 11.6 Å². The molecule has 39 heavy (non-hydrogen) atoms. The van der Waals surface area contributed by atoms with Crippen LogP contribution in [0, 0.1) is 5.82 Å². The fourth-order valence-electron chi connectivity index (χ4n) is 4.06. The van der Waals surface area contributed by atoms with E-state index in [2.05, 4.69) is 5.32 Å². The number of hydrogen-bond acceptors (Lipinski definition) is 4. The van der Waals surface area contributed by atoms with E-state index in [1.54, 1.807) is 49.4 Å². The van der Waals surface area contributed by atoms with Crippen LogP contribution in [0.4, 0.5) is 10.1 Å². The molecule has 2 atom stereocenters. The number of sulfonamides is 1. The van der Waals surface area contributed by atoms with Gasteiger partial charge in [-0.2, -0.15) is 0 Å². The molecule has 0 radical (unpaired) electrons. The molecule has 10 heteroatoms. The summed E-state index contributed by atoms with van der Waals surface area (Å²) in [4.78, 5) is 28.4. The molecule has 0 aliphatic heterocycles. The summed E-state index contributed by atoms with van der Waals surface area (Å²) in [6.07, 6.45) is 0.959. The fraction of sp³-hybridized carbons (Fsp3) is 0.310. The van der Waals surface area contributed by atoms with Crippen LogP contribution in [0.15, 0.2) is 83.8 Å². The standard InChI is InChI=1S/C29H33ClFN3O4S/c1-4-21(3)32-29(36)26(5-2)33(19-22-13-9-10-16-24(22)30)28(35)20-34(27-18-12-11-17-25(27)31)39(37,38)23-14-7-6-8-15-23/h6-18,21,26H,4-5,19-20H2,1-3H3,(H,32,36)/t21-,26-/m1/s1. The van der Waals surface area contributed by atoms with Gasteiger partial charge in [-0.05, 0) is 55.7 Å². The van der Waals surface area contributed by atoms with Crippen molar-refractivity contribution in [2.24, 2.45) is 0 Å². The Labute approximate surface area is 234 Å². The Bertz CT molecular complexity index is 1390. The van der Waals surface area contributed by atoms with Crippen LogP contribution in [0.25, 0.3) is 0 Å². The van der Waals surface area contributed by atoms with Gasteiger partial charge in [-0.15, -0.1) is 0 Å². The number of para-hydroxylation sites is 1. The van der Waals surface area contributed by atoms with E-state index < -0.39 is 34.3 Å². The maximum Gasteiger partial charge on any atom is 0.264 e. The first-order valence-corrected chi connectivity index (χ1v) is 14.6. The number of rotatable bonds is 12. The van der Waals surface area contributed by atoms with Crippen LogP contribution >= 0.6 is 11.6 Å². The minimum atomic E-state index is -4.34. The fourth-order valence-corrected chi connectivity index (χ4v) is 5.70. The van der Waals surface area contributed by atoms with Crippen molar-refractivity contribution in [3.8, 4) is 0 Å². The predicted molar refractivity (Wildman–Crippen MR) is 151 cm³/mol. The Morgan fingerprint density at radius 1 is 0.923 bits per heavy atom. The average Bonchev–Trinajstić information content (AvgIpc) is 2.93. The number of benzene rings is 3. The highest BCUT2D eigenvalue weighted by Gasteiger charge is 2.35. The Morgan fingerprint density at radius 2 is 1.54 bits per heavy atom. The van der Waals surface area contributed by atoms with Crippen molar-refractivity contribution in [3.05, 3.63) is 95.3 Å². The van der Waals surface area contributed by atoms with Crippen molar-refractivity contribution in [2.45, 2.75) is 57.1 Å². The maximum atomic E-state index is 15.0. The van der Waals surface area contributed by atoms with Gasteiger partial charge in [0.25, 0.3) is 10.0 Å². The van der Waals surface area contributed by atoms with Gasteiger partial charge >= 0.3 is 0 Å². The average molecular weight is 574 g/mol. The first-order chi connectivity index (χ1) is 18.6. The van der Waals surface area contributed by atoms with E-state index in [9.17, 15) is 22.4 Å². The van der Waals surface area contributed by atoms with Crippen molar-refractivity contribution in [2.75, 3.05) is 10.8 Å². The lowest BCUT2D eigenvalue weighted by molar-refractivity contribution is -0.140. The van der Waals surface area contributed by atoms with Gasteiger partial charge in [-0.3, -0.25) is 13.9 Å². The van der Waals surface area contributed by atoms with Crippen LogP contribution in [0.2, 0.25) is 5.02 Å². The summed E-state index contributed by atoms with van der Waals surface area (Å²) < 4.78 is 43.1. The van der Waals surface area contributed by atoms with Gasteiger partial charge < -0.3 is 10.2 Å². The minimum absolute atomic E-state index is 0.0402. The molecule has 0 heterocycles. The molecule has 208 valence electrons. The third-order valence-electron chi connectivity index (χ3n) is 6.42. The topological polar surface area (TPSA) is 86.8 Å². The zero-order valence-electron chi connectivity index (χ0n) is 22.2. The highest BCUT2D eigenvalue weighted by atomic mass is 35.5.